The fraction of sp³-hybridized carbons (Fsp3) is 0.200. The van der Waals surface area contributed by atoms with Crippen molar-refractivity contribution < 1.29 is 9.18 Å². The van der Waals surface area contributed by atoms with Gasteiger partial charge in [0.1, 0.15) is 5.82 Å². The van der Waals surface area contributed by atoms with Gasteiger partial charge in [0, 0.05) is 6.54 Å². The highest BCUT2D eigenvalue weighted by molar-refractivity contribution is 5.47. The molecule has 0 aliphatic heterocycles. The molecule has 0 fully saturated rings. The van der Waals surface area contributed by atoms with Crippen molar-refractivity contribution in [3.8, 4) is 0 Å². The normalized spacial score (nSPS) is 10.2. The van der Waals surface area contributed by atoms with Crippen LogP contribution in [0.15, 0.2) is 42.6 Å². The van der Waals surface area contributed by atoms with Crippen molar-refractivity contribution in [1.29, 1.82) is 0 Å². The molecule has 19 heavy (non-hydrogen) atoms. The lowest BCUT2D eigenvalue weighted by Crippen LogP contribution is -2.22. The number of carbonyl (C=O) groups excluding carboxylic acids is 1. The van der Waals surface area contributed by atoms with Gasteiger partial charge in [-0.15, -0.1) is 0 Å². The van der Waals surface area contributed by atoms with Gasteiger partial charge in [-0.3, -0.25) is 9.78 Å². The number of nitrogens with zero attached hydrogens (tertiary/aromatic N) is 2. The number of halogens is 1. The second-order valence-corrected chi connectivity index (χ2v) is 4.41. The molecule has 1 amide bonds. The molecule has 3 nitrogen and oxygen atoms in total. The van der Waals surface area contributed by atoms with Gasteiger partial charge >= 0.3 is 0 Å². The molecule has 2 aromatic rings. The number of pyridine rings is 1. The zero-order valence-electron chi connectivity index (χ0n) is 10.7. The minimum Gasteiger partial charge on any atom is -0.335 e. The SMILES string of the molecule is Cc1cc(F)cnc1CN(C=O)Cc1ccccc1. The Morgan fingerprint density at radius 2 is 2.00 bits per heavy atom. The maximum absolute atomic E-state index is 13.0. The number of benzene rings is 1. The van der Waals surface area contributed by atoms with E-state index >= 15 is 0 Å². The smallest absolute Gasteiger partial charge is 0.210 e. The van der Waals surface area contributed by atoms with Gasteiger partial charge in [-0.1, -0.05) is 30.3 Å². The number of aryl methyl sites for hydroxylation is 1. The average molecular weight is 258 g/mol. The van der Waals surface area contributed by atoms with E-state index in [1.54, 1.807) is 11.8 Å². The van der Waals surface area contributed by atoms with Crippen molar-refractivity contribution in [2.24, 2.45) is 0 Å². The van der Waals surface area contributed by atoms with Crippen LogP contribution in [0.1, 0.15) is 16.8 Å². The van der Waals surface area contributed by atoms with Gasteiger partial charge in [0.05, 0.1) is 18.4 Å². The first kappa shape index (κ1) is 13.2. The predicted molar refractivity (Wildman–Crippen MR) is 70.7 cm³/mol. The lowest BCUT2D eigenvalue weighted by atomic mass is 10.2. The van der Waals surface area contributed by atoms with E-state index in [0.717, 1.165) is 17.5 Å². The molecule has 0 atom stereocenters. The molecule has 0 saturated carbocycles. The highest BCUT2D eigenvalue weighted by atomic mass is 19.1. The van der Waals surface area contributed by atoms with Crippen molar-refractivity contribution in [3.05, 3.63) is 65.2 Å². The maximum atomic E-state index is 13.0. The quantitative estimate of drug-likeness (QED) is 0.772. The van der Waals surface area contributed by atoms with Crippen LogP contribution in [-0.2, 0) is 17.9 Å². The summed E-state index contributed by atoms with van der Waals surface area (Å²) < 4.78 is 13.0. The number of hydrogen-bond acceptors (Lipinski definition) is 2. The van der Waals surface area contributed by atoms with Gasteiger partial charge in [-0.25, -0.2) is 4.39 Å². The van der Waals surface area contributed by atoms with Crippen LogP contribution in [0, 0.1) is 12.7 Å². The van der Waals surface area contributed by atoms with Crippen LogP contribution in [0.5, 0.6) is 0 Å². The summed E-state index contributed by atoms with van der Waals surface area (Å²) in [6.45, 7) is 2.68. The Hall–Kier alpha value is -2.23. The third-order valence-electron chi connectivity index (χ3n) is 2.88. The van der Waals surface area contributed by atoms with E-state index in [4.69, 9.17) is 0 Å². The monoisotopic (exact) mass is 258 g/mol. The fourth-order valence-electron chi connectivity index (χ4n) is 1.88. The Balaban J connectivity index is 2.09. The van der Waals surface area contributed by atoms with E-state index < -0.39 is 0 Å². The molecule has 0 saturated heterocycles. The van der Waals surface area contributed by atoms with Crippen LogP contribution < -0.4 is 0 Å². The van der Waals surface area contributed by atoms with Crippen molar-refractivity contribution in [1.82, 2.24) is 9.88 Å². The van der Waals surface area contributed by atoms with Crippen LogP contribution in [0.4, 0.5) is 4.39 Å². The molecule has 4 heteroatoms. The van der Waals surface area contributed by atoms with Crippen LogP contribution in [0.25, 0.3) is 0 Å². The number of hydrogen-bond donors (Lipinski definition) is 0. The molecule has 0 spiro atoms. The standard InChI is InChI=1S/C15H15FN2O/c1-12-7-14(16)8-17-15(12)10-18(11-19)9-13-5-3-2-4-6-13/h2-8,11H,9-10H2,1H3. The molecule has 0 unspecified atom stereocenters. The molecular formula is C15H15FN2O. The van der Waals surface area contributed by atoms with Crippen LogP contribution >= 0.6 is 0 Å². The zero-order chi connectivity index (χ0) is 13.7. The minimum atomic E-state index is -0.359. The van der Waals surface area contributed by atoms with Gasteiger partial charge in [0.15, 0.2) is 0 Å². The number of carbonyl (C=O) groups is 1. The second-order valence-electron chi connectivity index (χ2n) is 4.41. The average Bonchev–Trinajstić information content (AvgIpc) is 2.42. The maximum Gasteiger partial charge on any atom is 0.210 e. The Kier molecular flexibility index (Phi) is 4.23. The summed E-state index contributed by atoms with van der Waals surface area (Å²) in [5, 5.41) is 0. The van der Waals surface area contributed by atoms with E-state index in [9.17, 15) is 9.18 Å². The van der Waals surface area contributed by atoms with E-state index in [1.807, 2.05) is 30.3 Å². The predicted octanol–water partition coefficient (Wildman–Crippen LogP) is 2.69. The molecule has 0 aliphatic carbocycles. The van der Waals surface area contributed by atoms with E-state index in [2.05, 4.69) is 4.98 Å². The Morgan fingerprint density at radius 3 is 2.63 bits per heavy atom. The first-order valence-corrected chi connectivity index (χ1v) is 6.03. The van der Waals surface area contributed by atoms with Gasteiger partial charge in [-0.05, 0) is 24.1 Å². The van der Waals surface area contributed by atoms with Crippen LogP contribution in [0.3, 0.4) is 0 Å². The molecule has 98 valence electrons. The molecule has 0 N–H and O–H groups in total. The summed E-state index contributed by atoms with van der Waals surface area (Å²) in [6.07, 6.45) is 1.96. The highest BCUT2D eigenvalue weighted by Gasteiger charge is 2.08. The summed E-state index contributed by atoms with van der Waals surface area (Å²) in [5.74, 6) is -0.359. The van der Waals surface area contributed by atoms with Gasteiger partial charge in [-0.2, -0.15) is 0 Å². The van der Waals surface area contributed by atoms with E-state index in [1.165, 1.54) is 12.3 Å². The first-order valence-electron chi connectivity index (χ1n) is 6.03. The van der Waals surface area contributed by atoms with Gasteiger partial charge in [0.2, 0.25) is 6.41 Å². The van der Waals surface area contributed by atoms with E-state index in [0.29, 0.717) is 18.8 Å². The third-order valence-corrected chi connectivity index (χ3v) is 2.88. The van der Waals surface area contributed by atoms with Crippen molar-refractivity contribution >= 4 is 6.41 Å². The number of aromatic nitrogens is 1. The topological polar surface area (TPSA) is 33.2 Å². The van der Waals surface area contributed by atoms with Crippen molar-refractivity contribution in [2.45, 2.75) is 20.0 Å². The molecule has 0 bridgehead atoms. The molecule has 0 aliphatic rings. The second kappa shape index (κ2) is 6.09. The Bertz CT molecular complexity index is 557. The minimum absolute atomic E-state index is 0.359. The largest absolute Gasteiger partial charge is 0.335 e. The molecular weight excluding hydrogens is 243 g/mol. The molecule has 1 aromatic heterocycles. The summed E-state index contributed by atoms with van der Waals surface area (Å²) in [6, 6.07) is 11.1. The lowest BCUT2D eigenvalue weighted by molar-refractivity contribution is -0.119. The van der Waals surface area contributed by atoms with Crippen LogP contribution in [0.2, 0.25) is 0 Å². The zero-order valence-corrected chi connectivity index (χ0v) is 10.7. The molecule has 0 radical (unpaired) electrons. The van der Waals surface area contributed by atoms with Gasteiger partial charge in [0.25, 0.3) is 0 Å². The lowest BCUT2D eigenvalue weighted by Gasteiger charge is -2.18. The van der Waals surface area contributed by atoms with Crippen molar-refractivity contribution in [2.75, 3.05) is 0 Å². The van der Waals surface area contributed by atoms with Crippen molar-refractivity contribution in [3.63, 3.8) is 0 Å². The summed E-state index contributed by atoms with van der Waals surface area (Å²) in [5.41, 5.74) is 2.51. The molecule has 1 aromatic carbocycles. The Labute approximate surface area is 111 Å². The van der Waals surface area contributed by atoms with Crippen LogP contribution in [-0.4, -0.2) is 16.3 Å². The number of amides is 1. The summed E-state index contributed by atoms with van der Waals surface area (Å²) in [4.78, 5) is 16.8. The fourth-order valence-corrected chi connectivity index (χ4v) is 1.88. The first-order chi connectivity index (χ1) is 9.19. The number of rotatable bonds is 5. The highest BCUT2D eigenvalue weighted by Crippen LogP contribution is 2.11. The van der Waals surface area contributed by atoms with E-state index in [-0.39, 0.29) is 5.82 Å². The molecule has 2 rings (SSSR count). The van der Waals surface area contributed by atoms with Gasteiger partial charge < -0.3 is 4.90 Å². The molecule has 1 heterocycles. The summed E-state index contributed by atoms with van der Waals surface area (Å²) >= 11 is 0. The Morgan fingerprint density at radius 1 is 1.26 bits per heavy atom. The summed E-state index contributed by atoms with van der Waals surface area (Å²) in [7, 11) is 0. The third kappa shape index (κ3) is 3.61.